The summed E-state index contributed by atoms with van der Waals surface area (Å²) in [5.41, 5.74) is 1.47. The van der Waals surface area contributed by atoms with E-state index in [4.69, 9.17) is 0 Å². The predicted octanol–water partition coefficient (Wildman–Crippen LogP) is 1.81. The molecule has 14 heavy (non-hydrogen) atoms. The summed E-state index contributed by atoms with van der Waals surface area (Å²) in [6.07, 6.45) is 1.61. The van der Waals surface area contributed by atoms with Crippen molar-refractivity contribution >= 4 is 6.08 Å². The average molecular weight is 186 g/mol. The third-order valence-corrected chi connectivity index (χ3v) is 1.97. The highest BCUT2D eigenvalue weighted by Gasteiger charge is 2.01. The average Bonchev–Trinajstić information content (AvgIpc) is 2.61. The number of para-hydroxylation sites is 1. The van der Waals surface area contributed by atoms with Gasteiger partial charge < -0.3 is 0 Å². The minimum atomic E-state index is -0.0777. The third-order valence-electron chi connectivity index (χ3n) is 1.97. The second-order valence-corrected chi connectivity index (χ2v) is 2.92. The van der Waals surface area contributed by atoms with Crippen molar-refractivity contribution in [2.45, 2.75) is 0 Å². The minimum Gasteiger partial charge on any atom is -0.291 e. The lowest BCUT2D eigenvalue weighted by atomic mass is 10.3. The molecule has 0 radical (unpaired) electrons. The van der Waals surface area contributed by atoms with Crippen molar-refractivity contribution in [2.75, 3.05) is 0 Å². The van der Waals surface area contributed by atoms with Crippen LogP contribution >= 0.6 is 0 Å². The summed E-state index contributed by atoms with van der Waals surface area (Å²) in [5.74, 6) is 0. The lowest BCUT2D eigenvalue weighted by Crippen LogP contribution is -2.12. The van der Waals surface area contributed by atoms with E-state index < -0.39 is 0 Å². The van der Waals surface area contributed by atoms with E-state index in [1.165, 1.54) is 10.7 Å². The van der Waals surface area contributed by atoms with E-state index in [-0.39, 0.29) is 5.56 Å². The summed E-state index contributed by atoms with van der Waals surface area (Å²) in [4.78, 5) is 11.5. The van der Waals surface area contributed by atoms with Gasteiger partial charge in [0.15, 0.2) is 0 Å². The van der Waals surface area contributed by atoms with Gasteiger partial charge in [-0.1, -0.05) is 24.8 Å². The van der Waals surface area contributed by atoms with Crippen LogP contribution in [-0.2, 0) is 0 Å². The van der Waals surface area contributed by atoms with Crippen molar-refractivity contribution in [3.8, 4) is 5.69 Å². The molecule has 0 saturated carbocycles. The van der Waals surface area contributed by atoms with Gasteiger partial charge in [-0.3, -0.25) is 9.89 Å². The molecule has 0 aliphatic carbocycles. The number of hydrogen-bond acceptors (Lipinski definition) is 1. The fourth-order valence-electron chi connectivity index (χ4n) is 1.29. The summed E-state index contributed by atoms with van der Waals surface area (Å²) in [6.45, 7) is 3.60. The number of aromatic nitrogens is 2. The molecule has 1 heterocycles. The molecule has 1 aromatic heterocycles. The van der Waals surface area contributed by atoms with Gasteiger partial charge in [-0.2, -0.15) is 0 Å². The summed E-state index contributed by atoms with van der Waals surface area (Å²) < 4.78 is 1.48. The third kappa shape index (κ3) is 1.40. The van der Waals surface area contributed by atoms with Crippen molar-refractivity contribution < 1.29 is 0 Å². The van der Waals surface area contributed by atoms with Crippen LogP contribution in [0.5, 0.6) is 0 Å². The molecular weight excluding hydrogens is 176 g/mol. The van der Waals surface area contributed by atoms with Crippen molar-refractivity contribution in [2.24, 2.45) is 0 Å². The molecule has 0 bridgehead atoms. The lowest BCUT2D eigenvalue weighted by Gasteiger charge is -1.99. The minimum absolute atomic E-state index is 0.0777. The number of aromatic amines is 1. The Balaban J connectivity index is 2.57. The molecule has 0 aliphatic heterocycles. The quantitative estimate of drug-likeness (QED) is 0.763. The number of hydrogen-bond donors (Lipinski definition) is 1. The Bertz CT molecular complexity index is 494. The Morgan fingerprint density at radius 1 is 1.29 bits per heavy atom. The SMILES string of the molecule is C=Cc1cc(=O)n(-c2ccccc2)[nH]1. The lowest BCUT2D eigenvalue weighted by molar-refractivity contribution is 0.846. The number of nitrogens with zero attached hydrogens (tertiary/aromatic N) is 1. The highest BCUT2D eigenvalue weighted by atomic mass is 16.1. The normalized spacial score (nSPS) is 10.0. The van der Waals surface area contributed by atoms with Crippen molar-refractivity contribution in [1.29, 1.82) is 0 Å². The fourth-order valence-corrected chi connectivity index (χ4v) is 1.29. The van der Waals surface area contributed by atoms with Crippen molar-refractivity contribution in [3.05, 3.63) is 59.0 Å². The van der Waals surface area contributed by atoms with Crippen LogP contribution in [0.4, 0.5) is 0 Å². The maximum absolute atomic E-state index is 11.5. The second-order valence-electron chi connectivity index (χ2n) is 2.92. The molecule has 2 rings (SSSR count). The first-order valence-corrected chi connectivity index (χ1v) is 4.31. The maximum atomic E-state index is 11.5. The first kappa shape index (κ1) is 8.56. The molecule has 3 heteroatoms. The van der Waals surface area contributed by atoms with E-state index in [9.17, 15) is 4.79 Å². The van der Waals surface area contributed by atoms with Gasteiger partial charge in [0.25, 0.3) is 5.56 Å². The van der Waals surface area contributed by atoms with Gasteiger partial charge in [-0.05, 0) is 18.2 Å². The topological polar surface area (TPSA) is 37.8 Å². The number of nitrogens with one attached hydrogen (secondary N) is 1. The monoisotopic (exact) mass is 186 g/mol. The van der Waals surface area contributed by atoms with Crippen molar-refractivity contribution in [1.82, 2.24) is 9.78 Å². The van der Waals surface area contributed by atoms with E-state index >= 15 is 0 Å². The van der Waals surface area contributed by atoms with Crippen LogP contribution < -0.4 is 5.56 Å². The summed E-state index contributed by atoms with van der Waals surface area (Å²) in [7, 11) is 0. The van der Waals surface area contributed by atoms with Crippen LogP contribution in [0.3, 0.4) is 0 Å². The van der Waals surface area contributed by atoms with Crippen LogP contribution in [-0.4, -0.2) is 9.78 Å². The summed E-state index contributed by atoms with van der Waals surface area (Å²) in [6, 6.07) is 10.9. The van der Waals surface area contributed by atoms with E-state index in [1.54, 1.807) is 6.08 Å². The highest BCUT2D eigenvalue weighted by Crippen LogP contribution is 2.03. The maximum Gasteiger partial charge on any atom is 0.271 e. The summed E-state index contributed by atoms with van der Waals surface area (Å²) >= 11 is 0. The van der Waals surface area contributed by atoms with Crippen LogP contribution in [0.25, 0.3) is 11.8 Å². The molecule has 0 amide bonds. The van der Waals surface area contributed by atoms with Crippen molar-refractivity contribution in [3.63, 3.8) is 0 Å². The van der Waals surface area contributed by atoms with Crippen LogP contribution in [0.15, 0.2) is 47.8 Å². The zero-order chi connectivity index (χ0) is 9.97. The Labute approximate surface area is 81.3 Å². The van der Waals surface area contributed by atoms with Gasteiger partial charge in [-0.15, -0.1) is 0 Å². The molecule has 1 N–H and O–H groups in total. The van der Waals surface area contributed by atoms with Crippen LogP contribution in [0.2, 0.25) is 0 Å². The van der Waals surface area contributed by atoms with E-state index in [0.29, 0.717) is 0 Å². The molecule has 0 aliphatic rings. The zero-order valence-corrected chi connectivity index (χ0v) is 7.60. The highest BCUT2D eigenvalue weighted by molar-refractivity contribution is 5.41. The number of benzene rings is 1. The van der Waals surface area contributed by atoms with E-state index in [0.717, 1.165) is 11.4 Å². The fraction of sp³-hybridized carbons (Fsp3) is 0. The Hall–Kier alpha value is -2.03. The molecule has 2 aromatic rings. The first-order chi connectivity index (χ1) is 6.81. The molecule has 0 unspecified atom stereocenters. The van der Waals surface area contributed by atoms with Gasteiger partial charge in [0.2, 0.25) is 0 Å². The molecular formula is C11H10N2O. The Morgan fingerprint density at radius 3 is 2.57 bits per heavy atom. The molecule has 3 nitrogen and oxygen atoms in total. The molecule has 70 valence electrons. The largest absolute Gasteiger partial charge is 0.291 e. The van der Waals surface area contributed by atoms with Gasteiger partial charge in [-0.25, -0.2) is 4.68 Å². The van der Waals surface area contributed by atoms with Gasteiger partial charge in [0, 0.05) is 6.07 Å². The van der Waals surface area contributed by atoms with Crippen LogP contribution in [0, 0.1) is 0 Å². The van der Waals surface area contributed by atoms with Gasteiger partial charge in [0.1, 0.15) is 0 Å². The van der Waals surface area contributed by atoms with Crippen LogP contribution in [0.1, 0.15) is 5.69 Å². The first-order valence-electron chi connectivity index (χ1n) is 4.31. The van der Waals surface area contributed by atoms with E-state index in [2.05, 4.69) is 11.7 Å². The predicted molar refractivity (Wildman–Crippen MR) is 56.5 cm³/mol. The Kier molecular flexibility index (Phi) is 2.07. The number of rotatable bonds is 2. The second kappa shape index (κ2) is 3.38. The molecule has 0 atom stereocenters. The summed E-state index contributed by atoms with van der Waals surface area (Å²) in [5, 5.41) is 2.93. The zero-order valence-electron chi connectivity index (χ0n) is 7.60. The molecule has 0 fully saturated rings. The van der Waals surface area contributed by atoms with E-state index in [1.807, 2.05) is 30.3 Å². The number of H-pyrrole nitrogens is 1. The van der Waals surface area contributed by atoms with Gasteiger partial charge in [0.05, 0.1) is 11.4 Å². The Morgan fingerprint density at radius 2 is 2.00 bits per heavy atom. The standard InChI is InChI=1S/C11H10N2O/c1-2-9-8-11(14)13(12-9)10-6-4-3-5-7-10/h2-8,12H,1H2. The molecule has 1 aromatic carbocycles. The molecule has 0 spiro atoms. The van der Waals surface area contributed by atoms with Gasteiger partial charge >= 0.3 is 0 Å². The molecule has 0 saturated heterocycles. The smallest absolute Gasteiger partial charge is 0.271 e.